The van der Waals surface area contributed by atoms with E-state index < -0.39 is 0 Å². The number of benzene rings is 1. The van der Waals surface area contributed by atoms with Crippen molar-refractivity contribution in [3.05, 3.63) is 48.0 Å². The zero-order chi connectivity index (χ0) is 15.4. The fourth-order valence-electron chi connectivity index (χ4n) is 2.96. The monoisotopic (exact) mass is 315 g/mol. The molecule has 1 aliphatic rings. The number of likely N-dealkylation sites (tertiary alicyclic amines) is 1. The maximum Gasteiger partial charge on any atom is 0.109 e. The molecule has 0 unspecified atom stereocenters. The summed E-state index contributed by atoms with van der Waals surface area (Å²) in [4.78, 5) is 8.41. The second-order valence-electron chi connectivity index (χ2n) is 6.18. The van der Waals surface area contributed by atoms with Crippen molar-refractivity contribution in [1.82, 2.24) is 14.5 Å². The van der Waals surface area contributed by atoms with Gasteiger partial charge in [0, 0.05) is 42.6 Å². The summed E-state index contributed by atoms with van der Waals surface area (Å²) in [5, 5.41) is 0.770. The predicted octanol–water partition coefficient (Wildman–Crippen LogP) is 3.53. The van der Waals surface area contributed by atoms with Gasteiger partial charge in [0.2, 0.25) is 0 Å². The van der Waals surface area contributed by atoms with Crippen LogP contribution < -0.4 is 0 Å². The van der Waals surface area contributed by atoms with Crippen LogP contribution in [0.25, 0.3) is 0 Å². The van der Waals surface area contributed by atoms with Gasteiger partial charge in [-0.25, -0.2) is 4.98 Å². The van der Waals surface area contributed by atoms with Crippen LogP contribution in [0, 0.1) is 6.92 Å². The average molecular weight is 315 g/mol. The minimum absolute atomic E-state index is 0.770. The van der Waals surface area contributed by atoms with E-state index in [0.717, 1.165) is 18.2 Å². The van der Waals surface area contributed by atoms with E-state index in [9.17, 15) is 0 Å². The lowest BCUT2D eigenvalue weighted by Crippen LogP contribution is -2.36. The first-order valence-corrected chi connectivity index (χ1v) is 9.00. The quantitative estimate of drug-likeness (QED) is 0.842. The number of imidazole rings is 1. The van der Waals surface area contributed by atoms with E-state index in [4.69, 9.17) is 0 Å². The van der Waals surface area contributed by atoms with Gasteiger partial charge < -0.3 is 9.47 Å². The van der Waals surface area contributed by atoms with E-state index in [1.54, 1.807) is 0 Å². The molecule has 118 valence electrons. The molecule has 0 aliphatic carbocycles. The van der Waals surface area contributed by atoms with E-state index >= 15 is 0 Å². The van der Waals surface area contributed by atoms with Crippen LogP contribution in [0.4, 0.5) is 0 Å². The van der Waals surface area contributed by atoms with Gasteiger partial charge in [-0.15, -0.1) is 11.8 Å². The molecule has 2 heterocycles. The summed E-state index contributed by atoms with van der Waals surface area (Å²) in [6.07, 6.45) is 7.55. The fraction of sp³-hybridized carbons (Fsp3) is 0.500. The summed E-state index contributed by atoms with van der Waals surface area (Å²) < 4.78 is 2.12. The first-order chi connectivity index (χ1) is 10.7. The lowest BCUT2D eigenvalue weighted by Gasteiger charge is -2.31. The van der Waals surface area contributed by atoms with Gasteiger partial charge in [-0.1, -0.05) is 17.7 Å². The number of aromatic nitrogens is 2. The Morgan fingerprint density at radius 2 is 1.91 bits per heavy atom. The second kappa shape index (κ2) is 7.34. The molecule has 0 N–H and O–H groups in total. The highest BCUT2D eigenvalue weighted by atomic mass is 32.2. The molecule has 0 spiro atoms. The van der Waals surface area contributed by atoms with Crippen LogP contribution >= 0.6 is 11.8 Å². The maximum absolute atomic E-state index is 4.41. The molecule has 3 rings (SSSR count). The molecule has 1 aromatic carbocycles. The van der Waals surface area contributed by atoms with Crippen molar-refractivity contribution in [2.45, 2.75) is 36.3 Å². The predicted molar refractivity (Wildman–Crippen MR) is 93.4 cm³/mol. The summed E-state index contributed by atoms with van der Waals surface area (Å²) in [5.74, 6) is 1.19. The summed E-state index contributed by atoms with van der Waals surface area (Å²) in [5.41, 5.74) is 1.34. The number of thioether (sulfide) groups is 1. The van der Waals surface area contributed by atoms with Crippen molar-refractivity contribution < 1.29 is 0 Å². The lowest BCUT2D eigenvalue weighted by atomic mass is 10.1. The Bertz CT molecular complexity index is 583. The van der Waals surface area contributed by atoms with Crippen molar-refractivity contribution in [3.8, 4) is 0 Å². The molecule has 0 radical (unpaired) electrons. The van der Waals surface area contributed by atoms with Crippen LogP contribution in [0.15, 0.2) is 41.6 Å². The first kappa shape index (κ1) is 15.6. The van der Waals surface area contributed by atoms with E-state index in [0.29, 0.717) is 0 Å². The lowest BCUT2D eigenvalue weighted by molar-refractivity contribution is 0.233. The molecule has 0 saturated carbocycles. The van der Waals surface area contributed by atoms with Gasteiger partial charge in [0.1, 0.15) is 5.82 Å². The molecule has 1 aromatic heterocycles. The molecule has 22 heavy (non-hydrogen) atoms. The number of hydrogen-bond acceptors (Lipinski definition) is 3. The van der Waals surface area contributed by atoms with Crippen molar-refractivity contribution >= 4 is 11.8 Å². The number of aryl methyl sites for hydroxylation is 2. The highest BCUT2D eigenvalue weighted by Gasteiger charge is 2.20. The zero-order valence-electron chi connectivity index (χ0n) is 13.5. The van der Waals surface area contributed by atoms with Crippen molar-refractivity contribution in [1.29, 1.82) is 0 Å². The molecule has 0 bridgehead atoms. The normalized spacial score (nSPS) is 17.0. The largest absolute Gasteiger partial charge is 0.338 e. The number of rotatable bonds is 5. The molecule has 1 saturated heterocycles. The van der Waals surface area contributed by atoms with Gasteiger partial charge in [0.15, 0.2) is 0 Å². The fourth-order valence-corrected chi connectivity index (χ4v) is 4.08. The topological polar surface area (TPSA) is 21.1 Å². The molecule has 0 atom stereocenters. The highest BCUT2D eigenvalue weighted by molar-refractivity contribution is 8.00. The molecular weight excluding hydrogens is 290 g/mol. The SMILES string of the molecule is Cc1ccc(SC2CCN(CCc3nccn3C)CC2)cc1. The van der Waals surface area contributed by atoms with Crippen molar-refractivity contribution in [2.24, 2.45) is 7.05 Å². The Balaban J connectivity index is 1.42. The Morgan fingerprint density at radius 3 is 2.55 bits per heavy atom. The third-order valence-corrected chi connectivity index (χ3v) is 5.78. The van der Waals surface area contributed by atoms with Gasteiger partial charge in [-0.3, -0.25) is 0 Å². The maximum atomic E-state index is 4.41. The van der Waals surface area contributed by atoms with Crippen LogP contribution in [0.3, 0.4) is 0 Å². The second-order valence-corrected chi connectivity index (χ2v) is 7.55. The van der Waals surface area contributed by atoms with Gasteiger partial charge in [0.25, 0.3) is 0 Å². The Labute approximate surface area is 137 Å². The minimum atomic E-state index is 0.770. The average Bonchev–Trinajstić information content (AvgIpc) is 2.94. The van der Waals surface area contributed by atoms with E-state index in [-0.39, 0.29) is 0 Å². The smallest absolute Gasteiger partial charge is 0.109 e. The Morgan fingerprint density at radius 1 is 1.18 bits per heavy atom. The standard InChI is InChI=1S/C18H25N3S/c1-15-3-5-16(6-4-15)22-17-7-11-21(12-8-17)13-9-18-19-10-14-20(18)2/h3-6,10,14,17H,7-9,11-13H2,1-2H3. The van der Waals surface area contributed by atoms with Gasteiger partial charge in [0.05, 0.1) is 0 Å². The molecule has 4 heteroatoms. The number of nitrogens with zero attached hydrogens (tertiary/aromatic N) is 3. The van der Waals surface area contributed by atoms with Crippen LogP contribution in [-0.2, 0) is 13.5 Å². The first-order valence-electron chi connectivity index (χ1n) is 8.12. The Hall–Kier alpha value is -1.26. The van der Waals surface area contributed by atoms with E-state index in [2.05, 4.69) is 64.4 Å². The van der Waals surface area contributed by atoms with Gasteiger partial charge in [-0.05, 0) is 45.0 Å². The molecule has 3 nitrogen and oxygen atoms in total. The third kappa shape index (κ3) is 4.14. The van der Waals surface area contributed by atoms with Crippen LogP contribution in [0.2, 0.25) is 0 Å². The Kier molecular flexibility index (Phi) is 5.21. The molecule has 2 aromatic rings. The van der Waals surface area contributed by atoms with Crippen LogP contribution in [-0.4, -0.2) is 39.3 Å². The molecule has 1 aliphatic heterocycles. The minimum Gasteiger partial charge on any atom is -0.338 e. The van der Waals surface area contributed by atoms with E-state index in [1.807, 2.05) is 12.4 Å². The molecule has 0 amide bonds. The van der Waals surface area contributed by atoms with Crippen LogP contribution in [0.5, 0.6) is 0 Å². The van der Waals surface area contributed by atoms with E-state index in [1.165, 1.54) is 42.2 Å². The van der Waals surface area contributed by atoms with Gasteiger partial charge >= 0.3 is 0 Å². The highest BCUT2D eigenvalue weighted by Crippen LogP contribution is 2.30. The zero-order valence-corrected chi connectivity index (χ0v) is 14.4. The molecular formula is C18H25N3S. The van der Waals surface area contributed by atoms with Crippen LogP contribution in [0.1, 0.15) is 24.2 Å². The number of hydrogen-bond donors (Lipinski definition) is 0. The van der Waals surface area contributed by atoms with Crippen molar-refractivity contribution in [3.63, 3.8) is 0 Å². The summed E-state index contributed by atoms with van der Waals surface area (Å²) in [6, 6.07) is 8.94. The number of piperidine rings is 1. The van der Waals surface area contributed by atoms with Gasteiger partial charge in [-0.2, -0.15) is 0 Å². The third-order valence-electron chi connectivity index (χ3n) is 4.43. The molecule has 1 fully saturated rings. The summed E-state index contributed by atoms with van der Waals surface area (Å²) in [7, 11) is 2.08. The summed E-state index contributed by atoms with van der Waals surface area (Å²) in [6.45, 7) is 5.71. The summed E-state index contributed by atoms with van der Waals surface area (Å²) >= 11 is 2.05. The van der Waals surface area contributed by atoms with Crippen molar-refractivity contribution in [2.75, 3.05) is 19.6 Å².